The van der Waals surface area contributed by atoms with E-state index < -0.39 is 0 Å². The summed E-state index contributed by atoms with van der Waals surface area (Å²) in [6.07, 6.45) is 0.843. The van der Waals surface area contributed by atoms with Gasteiger partial charge in [-0.1, -0.05) is 30.3 Å². The number of aromatic nitrogens is 2. The van der Waals surface area contributed by atoms with E-state index in [1.54, 1.807) is 17.4 Å². The van der Waals surface area contributed by atoms with Crippen molar-refractivity contribution in [2.45, 2.75) is 6.42 Å². The first-order valence-corrected chi connectivity index (χ1v) is 10.6. The summed E-state index contributed by atoms with van der Waals surface area (Å²) in [6, 6.07) is 22.0. The van der Waals surface area contributed by atoms with Crippen LogP contribution in [0, 0.1) is 0 Å². The molecule has 1 aliphatic rings. The van der Waals surface area contributed by atoms with Crippen LogP contribution >= 0.6 is 11.3 Å². The fourth-order valence-corrected chi connectivity index (χ4v) is 5.04. The third-order valence-electron chi connectivity index (χ3n) is 5.44. The van der Waals surface area contributed by atoms with E-state index in [0.717, 1.165) is 39.1 Å². The molecule has 0 saturated heterocycles. The van der Waals surface area contributed by atoms with Crippen LogP contribution in [-0.2, 0) is 6.42 Å². The van der Waals surface area contributed by atoms with Gasteiger partial charge in [0.15, 0.2) is 0 Å². The third kappa shape index (κ3) is 2.76. The van der Waals surface area contributed by atoms with Gasteiger partial charge in [-0.05, 0) is 47.3 Å². The van der Waals surface area contributed by atoms with Crippen molar-refractivity contribution < 1.29 is 9.53 Å². The topological polar surface area (TPSA) is 67.0 Å². The van der Waals surface area contributed by atoms with Gasteiger partial charge in [-0.2, -0.15) is 5.10 Å². The molecule has 0 fully saturated rings. The Morgan fingerprint density at radius 2 is 2.00 bits per heavy atom. The summed E-state index contributed by atoms with van der Waals surface area (Å²) >= 11 is 1.71. The lowest BCUT2D eigenvalue weighted by molar-refractivity contribution is 0.102. The number of carbonyl (C=O) groups is 1. The average molecular weight is 411 g/mol. The highest BCUT2D eigenvalue weighted by atomic mass is 32.1. The molecule has 5 aromatic rings. The SMILES string of the molecule is O=C(Nc1ccc2[nH]nc(-c3cc4ccccc4s3)c2c1)c1cccc2c1OCC2. The predicted octanol–water partition coefficient (Wildman–Crippen LogP) is 5.63. The van der Waals surface area contributed by atoms with Crippen molar-refractivity contribution in [1.82, 2.24) is 10.2 Å². The molecule has 0 unspecified atom stereocenters. The van der Waals surface area contributed by atoms with E-state index in [1.165, 1.54) is 10.1 Å². The number of H-pyrrole nitrogens is 1. The van der Waals surface area contributed by atoms with E-state index >= 15 is 0 Å². The van der Waals surface area contributed by atoms with Crippen LogP contribution in [0.2, 0.25) is 0 Å². The van der Waals surface area contributed by atoms with Gasteiger partial charge in [0, 0.05) is 22.2 Å². The number of benzene rings is 3. The lowest BCUT2D eigenvalue weighted by Crippen LogP contribution is -2.13. The number of nitrogens with zero attached hydrogens (tertiary/aromatic N) is 1. The highest BCUT2D eigenvalue weighted by Crippen LogP contribution is 2.37. The number of anilines is 1. The van der Waals surface area contributed by atoms with E-state index in [4.69, 9.17) is 4.74 Å². The van der Waals surface area contributed by atoms with E-state index in [2.05, 4.69) is 33.7 Å². The van der Waals surface area contributed by atoms with E-state index in [-0.39, 0.29) is 5.91 Å². The normalized spacial score (nSPS) is 12.8. The number of carbonyl (C=O) groups excluding carboxylic acids is 1. The molecule has 3 heterocycles. The van der Waals surface area contributed by atoms with Gasteiger partial charge in [-0.3, -0.25) is 9.89 Å². The zero-order chi connectivity index (χ0) is 20.1. The number of thiophene rings is 1. The second-order valence-corrected chi connectivity index (χ2v) is 8.41. The average Bonchev–Trinajstić information content (AvgIpc) is 3.49. The quantitative estimate of drug-likeness (QED) is 0.404. The maximum Gasteiger partial charge on any atom is 0.259 e. The lowest BCUT2D eigenvalue weighted by atomic mass is 10.1. The lowest BCUT2D eigenvalue weighted by Gasteiger charge is -2.09. The van der Waals surface area contributed by atoms with Gasteiger partial charge < -0.3 is 10.1 Å². The molecule has 0 aliphatic carbocycles. The minimum absolute atomic E-state index is 0.167. The van der Waals surface area contributed by atoms with E-state index in [0.29, 0.717) is 17.9 Å². The van der Waals surface area contributed by atoms with Crippen molar-refractivity contribution in [3.05, 3.63) is 77.9 Å². The maximum absolute atomic E-state index is 12.9. The number of amides is 1. The molecule has 2 N–H and O–H groups in total. The van der Waals surface area contributed by atoms with Gasteiger partial charge >= 0.3 is 0 Å². The number of hydrogen-bond acceptors (Lipinski definition) is 4. The van der Waals surface area contributed by atoms with Crippen LogP contribution in [0.1, 0.15) is 15.9 Å². The molecule has 5 nitrogen and oxygen atoms in total. The molecule has 3 aromatic carbocycles. The molecule has 0 spiro atoms. The monoisotopic (exact) mass is 411 g/mol. The Labute approximate surface area is 176 Å². The van der Waals surface area contributed by atoms with Crippen molar-refractivity contribution in [3.63, 3.8) is 0 Å². The Balaban J connectivity index is 1.37. The smallest absolute Gasteiger partial charge is 0.259 e. The molecule has 6 rings (SSSR count). The molecule has 2 aromatic heterocycles. The van der Waals surface area contributed by atoms with Crippen LogP contribution in [0.5, 0.6) is 5.75 Å². The molecule has 30 heavy (non-hydrogen) atoms. The summed E-state index contributed by atoms with van der Waals surface area (Å²) in [5.74, 6) is 0.533. The van der Waals surface area contributed by atoms with E-state index in [9.17, 15) is 4.79 Å². The zero-order valence-corrected chi connectivity index (χ0v) is 16.8. The summed E-state index contributed by atoms with van der Waals surface area (Å²) in [5, 5.41) is 12.8. The van der Waals surface area contributed by atoms with Crippen molar-refractivity contribution in [2.24, 2.45) is 0 Å². The van der Waals surface area contributed by atoms with Crippen LogP contribution in [0.15, 0.2) is 66.7 Å². The largest absolute Gasteiger partial charge is 0.492 e. The summed E-state index contributed by atoms with van der Waals surface area (Å²) < 4.78 is 6.91. The molecule has 0 atom stereocenters. The third-order valence-corrected chi connectivity index (χ3v) is 6.56. The molecule has 146 valence electrons. The summed E-state index contributed by atoms with van der Waals surface area (Å²) in [7, 11) is 0. The predicted molar refractivity (Wildman–Crippen MR) is 121 cm³/mol. The molecule has 6 heteroatoms. The Hall–Kier alpha value is -3.64. The fourth-order valence-electron chi connectivity index (χ4n) is 3.97. The van der Waals surface area contributed by atoms with Crippen LogP contribution < -0.4 is 10.1 Å². The van der Waals surface area contributed by atoms with Gasteiger partial charge in [-0.15, -0.1) is 11.3 Å². The summed E-state index contributed by atoms with van der Waals surface area (Å²) in [6.45, 7) is 0.624. The summed E-state index contributed by atoms with van der Waals surface area (Å²) in [4.78, 5) is 14.0. The molecule has 1 amide bonds. The standard InChI is InChI=1S/C24H17N3O2S/c28-24(17-6-3-5-14-10-11-29-23(14)17)25-16-8-9-19-18(13-16)22(27-26-19)21-12-15-4-1-2-7-20(15)30-21/h1-9,12-13H,10-11H2,(H,25,28)(H,26,27). The second-order valence-electron chi connectivity index (χ2n) is 7.33. The van der Waals surface area contributed by atoms with Gasteiger partial charge in [0.2, 0.25) is 0 Å². The van der Waals surface area contributed by atoms with Crippen molar-refractivity contribution in [3.8, 4) is 16.3 Å². The first-order chi connectivity index (χ1) is 14.8. The molecule has 1 aliphatic heterocycles. The Morgan fingerprint density at radius 3 is 2.93 bits per heavy atom. The minimum Gasteiger partial charge on any atom is -0.492 e. The van der Waals surface area contributed by atoms with Gasteiger partial charge in [0.1, 0.15) is 11.4 Å². The number of fused-ring (bicyclic) bond motifs is 3. The van der Waals surface area contributed by atoms with Crippen LogP contribution in [0.4, 0.5) is 5.69 Å². The van der Waals surface area contributed by atoms with Crippen molar-refractivity contribution in [2.75, 3.05) is 11.9 Å². The number of para-hydroxylation sites is 1. The van der Waals surface area contributed by atoms with Crippen LogP contribution in [0.3, 0.4) is 0 Å². The fraction of sp³-hybridized carbons (Fsp3) is 0.0833. The summed E-state index contributed by atoms with van der Waals surface area (Å²) in [5.41, 5.74) is 4.21. The second kappa shape index (κ2) is 6.71. The molecule has 0 bridgehead atoms. The zero-order valence-electron chi connectivity index (χ0n) is 15.9. The number of aromatic amines is 1. The maximum atomic E-state index is 12.9. The van der Waals surface area contributed by atoms with Gasteiger partial charge in [0.05, 0.1) is 22.6 Å². The van der Waals surface area contributed by atoms with Crippen molar-refractivity contribution in [1.29, 1.82) is 0 Å². The first kappa shape index (κ1) is 17.2. The molecule has 0 radical (unpaired) electrons. The van der Waals surface area contributed by atoms with Gasteiger partial charge in [0.25, 0.3) is 5.91 Å². The van der Waals surface area contributed by atoms with Crippen LogP contribution in [0.25, 0.3) is 31.6 Å². The van der Waals surface area contributed by atoms with Gasteiger partial charge in [-0.25, -0.2) is 0 Å². The number of nitrogens with one attached hydrogen (secondary N) is 2. The highest BCUT2D eigenvalue weighted by Gasteiger charge is 2.21. The minimum atomic E-state index is -0.167. The molecule has 0 saturated carbocycles. The Morgan fingerprint density at radius 1 is 1.07 bits per heavy atom. The highest BCUT2D eigenvalue weighted by molar-refractivity contribution is 7.22. The van der Waals surface area contributed by atoms with E-state index in [1.807, 2.05) is 42.5 Å². The first-order valence-electron chi connectivity index (χ1n) is 9.79. The molecular weight excluding hydrogens is 394 g/mol. The number of hydrogen-bond donors (Lipinski definition) is 2. The van der Waals surface area contributed by atoms with Crippen LogP contribution in [-0.4, -0.2) is 22.7 Å². The van der Waals surface area contributed by atoms with Crippen molar-refractivity contribution >= 4 is 43.9 Å². The Kier molecular flexibility index (Phi) is 3.86. The Bertz CT molecular complexity index is 1400. The molecular formula is C24H17N3O2S. The number of ether oxygens (including phenoxy) is 1. The number of rotatable bonds is 3.